The zero-order valence-electron chi connectivity index (χ0n) is 12.2. The molecule has 0 bridgehead atoms. The van der Waals surface area contributed by atoms with Crippen molar-refractivity contribution in [1.29, 1.82) is 0 Å². The first-order valence-corrected chi connectivity index (χ1v) is 7.66. The monoisotopic (exact) mass is 313 g/mol. The van der Waals surface area contributed by atoms with Crippen LogP contribution in [0.25, 0.3) is 0 Å². The molecule has 0 saturated heterocycles. The van der Waals surface area contributed by atoms with Crippen LogP contribution in [0.1, 0.15) is 39.7 Å². The largest absolute Gasteiger partial charge is 0.344 e. The van der Waals surface area contributed by atoms with E-state index < -0.39 is 17.5 Å². The van der Waals surface area contributed by atoms with Crippen LogP contribution in [0.3, 0.4) is 0 Å². The van der Waals surface area contributed by atoms with Gasteiger partial charge in [0.15, 0.2) is 5.16 Å². The van der Waals surface area contributed by atoms with Crippen LogP contribution >= 0.6 is 11.8 Å². The van der Waals surface area contributed by atoms with E-state index in [0.717, 1.165) is 24.6 Å². The lowest BCUT2D eigenvalue weighted by molar-refractivity contribution is -0.117. The summed E-state index contributed by atoms with van der Waals surface area (Å²) >= 11 is 1.13. The molecule has 0 radical (unpaired) electrons. The molecule has 2 rings (SSSR count). The second-order valence-corrected chi connectivity index (χ2v) is 6.90. The number of nitrogens with zero attached hydrogens (tertiary/aromatic N) is 2. The summed E-state index contributed by atoms with van der Waals surface area (Å²) in [5.41, 5.74) is -0.669. The van der Waals surface area contributed by atoms with E-state index in [4.69, 9.17) is 0 Å². The van der Waals surface area contributed by atoms with Gasteiger partial charge in [-0.2, -0.15) is 0 Å². The summed E-state index contributed by atoms with van der Waals surface area (Å²) in [6.07, 6.45) is 1.90. The maximum Gasteiger partial charge on any atom is 0.344 e. The van der Waals surface area contributed by atoms with Crippen molar-refractivity contribution in [2.24, 2.45) is 0 Å². The fourth-order valence-corrected chi connectivity index (χ4v) is 2.53. The molecule has 1 aromatic rings. The minimum Gasteiger partial charge on any atom is -0.333 e. The molecular formula is C12H19N5O3S. The van der Waals surface area contributed by atoms with Gasteiger partial charge in [0.1, 0.15) is 0 Å². The molecule has 3 N–H and O–H groups in total. The van der Waals surface area contributed by atoms with Crippen molar-refractivity contribution in [2.75, 3.05) is 5.75 Å². The van der Waals surface area contributed by atoms with Gasteiger partial charge in [-0.05, 0) is 33.6 Å². The second-order valence-electron chi connectivity index (χ2n) is 5.95. The molecule has 0 aliphatic heterocycles. The molecule has 21 heavy (non-hydrogen) atoms. The molecule has 1 aliphatic rings. The van der Waals surface area contributed by atoms with Crippen molar-refractivity contribution in [3.8, 4) is 0 Å². The molecule has 116 valence electrons. The van der Waals surface area contributed by atoms with Crippen molar-refractivity contribution in [3.05, 3.63) is 10.5 Å². The van der Waals surface area contributed by atoms with Gasteiger partial charge < -0.3 is 5.32 Å². The molecule has 9 heteroatoms. The number of rotatable bonds is 4. The van der Waals surface area contributed by atoms with Gasteiger partial charge in [0.25, 0.3) is 0 Å². The first-order chi connectivity index (χ1) is 9.76. The number of imide groups is 1. The van der Waals surface area contributed by atoms with Crippen LogP contribution in [0.5, 0.6) is 0 Å². The number of aromatic nitrogens is 3. The van der Waals surface area contributed by atoms with Crippen LogP contribution in [0.4, 0.5) is 4.79 Å². The highest BCUT2D eigenvalue weighted by molar-refractivity contribution is 7.99. The van der Waals surface area contributed by atoms with E-state index in [2.05, 4.69) is 20.8 Å². The summed E-state index contributed by atoms with van der Waals surface area (Å²) in [4.78, 5) is 34.8. The summed E-state index contributed by atoms with van der Waals surface area (Å²) in [5.74, 6) is -0.409. The predicted molar refractivity (Wildman–Crippen MR) is 78.3 cm³/mol. The van der Waals surface area contributed by atoms with E-state index in [0.29, 0.717) is 5.16 Å². The van der Waals surface area contributed by atoms with Gasteiger partial charge in [0.2, 0.25) is 5.91 Å². The number of carbonyl (C=O) groups is 2. The highest BCUT2D eigenvalue weighted by atomic mass is 32.2. The lowest BCUT2D eigenvalue weighted by atomic mass is 10.1. The van der Waals surface area contributed by atoms with E-state index in [1.54, 1.807) is 4.57 Å². The molecule has 8 nitrogen and oxygen atoms in total. The number of H-pyrrole nitrogens is 1. The molecule has 0 atom stereocenters. The van der Waals surface area contributed by atoms with Gasteiger partial charge in [-0.3, -0.25) is 14.7 Å². The normalized spacial score (nSPS) is 14.8. The Hall–Kier alpha value is -1.77. The van der Waals surface area contributed by atoms with Crippen LogP contribution in [0.2, 0.25) is 0 Å². The quantitative estimate of drug-likeness (QED) is 0.706. The smallest absolute Gasteiger partial charge is 0.333 e. The molecule has 0 unspecified atom stereocenters. The molecular weight excluding hydrogens is 294 g/mol. The number of hydrogen-bond acceptors (Lipinski definition) is 5. The highest BCUT2D eigenvalue weighted by Gasteiger charge is 2.28. The van der Waals surface area contributed by atoms with Crippen LogP contribution < -0.4 is 16.3 Å². The Labute approximate surface area is 126 Å². The summed E-state index contributed by atoms with van der Waals surface area (Å²) in [6.45, 7) is 5.47. The predicted octanol–water partition coefficient (Wildman–Crippen LogP) is 0.623. The van der Waals surface area contributed by atoms with Crippen molar-refractivity contribution in [2.45, 2.75) is 50.4 Å². The van der Waals surface area contributed by atoms with Crippen molar-refractivity contribution >= 4 is 23.7 Å². The number of hydrogen-bond donors (Lipinski definition) is 3. The third kappa shape index (κ3) is 4.62. The van der Waals surface area contributed by atoms with E-state index in [9.17, 15) is 14.4 Å². The fourth-order valence-electron chi connectivity index (χ4n) is 1.71. The van der Waals surface area contributed by atoms with E-state index in [-0.39, 0.29) is 17.5 Å². The number of urea groups is 1. The average molecular weight is 313 g/mol. The van der Waals surface area contributed by atoms with Crippen LogP contribution in [-0.4, -0.2) is 38.0 Å². The molecule has 3 amide bonds. The average Bonchev–Trinajstić information content (AvgIpc) is 3.08. The standard InChI is InChI=1S/C12H19N5O3S/c1-12(2,3)14-9(19)13-8(18)6-21-11-16-15-10(20)17(11)7-4-5-7/h7H,4-6H2,1-3H3,(H,15,20)(H2,13,14,18,19). The highest BCUT2D eigenvalue weighted by Crippen LogP contribution is 2.35. The zero-order chi connectivity index (χ0) is 15.6. The number of nitrogens with one attached hydrogen (secondary N) is 3. The van der Waals surface area contributed by atoms with Crippen LogP contribution in [0.15, 0.2) is 9.95 Å². The maximum absolute atomic E-state index is 11.7. The van der Waals surface area contributed by atoms with Crippen LogP contribution in [0, 0.1) is 0 Å². The minimum atomic E-state index is -0.533. The number of aromatic amines is 1. The Morgan fingerprint density at radius 3 is 2.67 bits per heavy atom. The summed E-state index contributed by atoms with van der Waals surface area (Å²) < 4.78 is 1.56. The molecule has 1 saturated carbocycles. The van der Waals surface area contributed by atoms with Crippen LogP contribution in [-0.2, 0) is 4.79 Å². The van der Waals surface area contributed by atoms with Gasteiger partial charge >= 0.3 is 11.7 Å². The first-order valence-electron chi connectivity index (χ1n) is 6.68. The SMILES string of the molecule is CC(C)(C)NC(=O)NC(=O)CSc1n[nH]c(=O)n1C1CC1. The van der Waals surface area contributed by atoms with Gasteiger partial charge in [0.05, 0.1) is 5.75 Å². The van der Waals surface area contributed by atoms with Gasteiger partial charge in [0, 0.05) is 11.6 Å². The Morgan fingerprint density at radius 1 is 1.43 bits per heavy atom. The van der Waals surface area contributed by atoms with Crippen molar-refractivity contribution in [1.82, 2.24) is 25.4 Å². The summed E-state index contributed by atoms with van der Waals surface area (Å²) in [7, 11) is 0. The van der Waals surface area contributed by atoms with E-state index >= 15 is 0 Å². The summed E-state index contributed by atoms with van der Waals surface area (Å²) in [5, 5.41) is 11.6. The summed E-state index contributed by atoms with van der Waals surface area (Å²) in [6, 6.07) is -0.347. The Morgan fingerprint density at radius 2 is 2.10 bits per heavy atom. The third-order valence-corrected chi connectivity index (χ3v) is 3.61. The maximum atomic E-state index is 11.7. The molecule has 1 aromatic heterocycles. The lowest BCUT2D eigenvalue weighted by Gasteiger charge is -2.20. The first kappa shape index (κ1) is 15.6. The second kappa shape index (κ2) is 5.92. The molecule has 1 aliphatic carbocycles. The Balaban J connectivity index is 1.84. The molecule has 0 aromatic carbocycles. The molecule has 1 fully saturated rings. The van der Waals surface area contributed by atoms with Gasteiger partial charge in [-0.25, -0.2) is 14.7 Å². The zero-order valence-corrected chi connectivity index (χ0v) is 13.0. The van der Waals surface area contributed by atoms with E-state index in [1.165, 1.54) is 0 Å². The third-order valence-electron chi connectivity index (χ3n) is 2.66. The van der Waals surface area contributed by atoms with Crippen molar-refractivity contribution < 1.29 is 9.59 Å². The number of thioether (sulfide) groups is 1. The lowest BCUT2D eigenvalue weighted by Crippen LogP contribution is -2.48. The van der Waals surface area contributed by atoms with Gasteiger partial charge in [-0.1, -0.05) is 11.8 Å². The van der Waals surface area contributed by atoms with Crippen molar-refractivity contribution in [3.63, 3.8) is 0 Å². The molecule has 1 heterocycles. The van der Waals surface area contributed by atoms with Gasteiger partial charge in [-0.15, -0.1) is 5.10 Å². The van der Waals surface area contributed by atoms with E-state index in [1.807, 2.05) is 20.8 Å². The molecule has 0 spiro atoms. The fraction of sp³-hybridized carbons (Fsp3) is 0.667. The Bertz CT molecular complexity index is 597. The Kier molecular flexibility index (Phi) is 4.40. The number of amides is 3. The number of carbonyl (C=O) groups excluding carboxylic acids is 2. The minimum absolute atomic E-state index is 0.0224. The topological polar surface area (TPSA) is 109 Å².